The van der Waals surface area contributed by atoms with Gasteiger partial charge in [0.2, 0.25) is 0 Å². The lowest BCUT2D eigenvalue weighted by molar-refractivity contribution is -0.142. The van der Waals surface area contributed by atoms with Crippen LogP contribution in [0.15, 0.2) is 51.6 Å². The van der Waals surface area contributed by atoms with Crippen molar-refractivity contribution in [2.45, 2.75) is 40.5 Å². The van der Waals surface area contributed by atoms with E-state index in [9.17, 15) is 13.6 Å². The van der Waals surface area contributed by atoms with Gasteiger partial charge in [-0.2, -0.15) is 0 Å². The average molecular weight is 705 g/mol. The second kappa shape index (κ2) is 22.5. The fourth-order valence-electron chi connectivity index (χ4n) is 2.13. The summed E-state index contributed by atoms with van der Waals surface area (Å²) in [4.78, 5) is 11.3. The predicted molar refractivity (Wildman–Crippen MR) is 152 cm³/mol. The first-order valence-electron chi connectivity index (χ1n) is 11.1. The van der Waals surface area contributed by atoms with E-state index < -0.39 is 11.8 Å². The molecule has 36 heavy (non-hydrogen) atoms. The van der Waals surface area contributed by atoms with Gasteiger partial charge < -0.3 is 18.9 Å². The van der Waals surface area contributed by atoms with Gasteiger partial charge in [-0.1, -0.05) is 42.8 Å². The van der Waals surface area contributed by atoms with Crippen LogP contribution in [-0.2, 0) is 20.7 Å². The smallest absolute Gasteiger partial charge is 0.310 e. The third-order valence-corrected chi connectivity index (χ3v) is 5.50. The topological polar surface area (TPSA) is 54.0 Å². The molecule has 10 heteroatoms. The molecule has 0 aliphatic heterocycles. The summed E-state index contributed by atoms with van der Waals surface area (Å²) in [5.41, 5.74) is 0.204. The van der Waals surface area contributed by atoms with Gasteiger partial charge >= 0.3 is 5.97 Å². The van der Waals surface area contributed by atoms with E-state index in [2.05, 4.69) is 68.2 Å². The van der Waals surface area contributed by atoms with Crippen molar-refractivity contribution in [3.8, 4) is 11.5 Å². The summed E-state index contributed by atoms with van der Waals surface area (Å²) in [6.07, 6.45) is 1.11. The second-order valence-electron chi connectivity index (χ2n) is 6.62. The van der Waals surface area contributed by atoms with Crippen LogP contribution in [0, 0.1) is 11.6 Å². The number of methoxy groups -OCH3 is 2. The van der Waals surface area contributed by atoms with Gasteiger partial charge in [-0.15, -0.1) is 0 Å². The normalized spacial score (nSPS) is 9.19. The fraction of sp³-hybridized carbons (Fsp3) is 0.423. The molecule has 0 amide bonds. The van der Waals surface area contributed by atoms with Crippen LogP contribution < -0.4 is 9.47 Å². The number of rotatable bonds is 8. The van der Waals surface area contributed by atoms with Gasteiger partial charge in [-0.25, -0.2) is 8.78 Å². The number of carbonyl (C=O) groups excluding carboxylic acids is 1. The Balaban J connectivity index is 0. The monoisotopic (exact) mass is 702 g/mol. The van der Waals surface area contributed by atoms with Crippen LogP contribution in [0.1, 0.15) is 39.7 Å². The van der Waals surface area contributed by atoms with Crippen molar-refractivity contribution in [2.75, 3.05) is 32.8 Å². The summed E-state index contributed by atoms with van der Waals surface area (Å²) >= 11 is 9.27. The Hall–Kier alpha value is -1.65. The summed E-state index contributed by atoms with van der Waals surface area (Å²) in [6.45, 7) is 12.5. The molecule has 0 heterocycles. The molecule has 0 saturated heterocycles. The zero-order valence-electron chi connectivity index (χ0n) is 21.6. The van der Waals surface area contributed by atoms with Crippen molar-refractivity contribution in [3.05, 3.63) is 68.8 Å². The first kappa shape index (κ1) is 36.5. The van der Waals surface area contributed by atoms with Crippen molar-refractivity contribution in [2.24, 2.45) is 0 Å². The summed E-state index contributed by atoms with van der Waals surface area (Å²) in [5.74, 6) is 0.390. The van der Waals surface area contributed by atoms with E-state index in [1.54, 1.807) is 25.1 Å². The van der Waals surface area contributed by atoms with Gasteiger partial charge in [0.1, 0.15) is 23.1 Å². The van der Waals surface area contributed by atoms with Crippen LogP contribution in [-0.4, -0.2) is 38.7 Å². The summed E-state index contributed by atoms with van der Waals surface area (Å²) in [7, 11) is 2.93. The zero-order chi connectivity index (χ0) is 28.1. The molecular formula is C26H35Br3F2O5. The fourth-order valence-corrected chi connectivity index (χ4v) is 2.91. The minimum atomic E-state index is -0.493. The molecule has 2 aromatic rings. The van der Waals surface area contributed by atoms with Gasteiger partial charge in [0.25, 0.3) is 0 Å². The van der Waals surface area contributed by atoms with Crippen molar-refractivity contribution in [3.63, 3.8) is 0 Å². The number of esters is 1. The highest BCUT2D eigenvalue weighted by Gasteiger charge is 2.16. The first-order valence-corrected chi connectivity index (χ1v) is 13.8. The standard InChI is InChI=1S/C11H12BrFO3.C7H6BrFO.C5H9BrO.C3H8/c1-3-16-10(14)6-7-9(15-2)5-4-8(12)11(7)13;1-10-5-2-3-6(8)7(9)4-5;1-3-7-5(2)4-6;1-3-2/h4-5H,3,6H2,1-2H3;2-4H,1H3;2-4H2,1H3;3H2,1-2H3. The minimum Gasteiger partial charge on any atom is -0.498 e. The maximum absolute atomic E-state index is 13.7. The number of hydrogen-bond donors (Lipinski definition) is 0. The lowest BCUT2D eigenvalue weighted by atomic mass is 10.1. The molecule has 5 nitrogen and oxygen atoms in total. The Kier molecular flexibility index (Phi) is 22.9. The van der Waals surface area contributed by atoms with Gasteiger partial charge in [-0.05, 0) is 70.0 Å². The third-order valence-electron chi connectivity index (χ3n) is 3.62. The van der Waals surface area contributed by atoms with Gasteiger partial charge in [0.05, 0.1) is 53.9 Å². The summed E-state index contributed by atoms with van der Waals surface area (Å²) in [5, 5.41) is 0.737. The highest BCUT2D eigenvalue weighted by molar-refractivity contribution is 9.10. The van der Waals surface area contributed by atoms with Crippen molar-refractivity contribution in [1.82, 2.24) is 0 Å². The van der Waals surface area contributed by atoms with Crippen molar-refractivity contribution >= 4 is 53.8 Å². The number of carbonyl (C=O) groups is 1. The molecule has 2 rings (SSSR count). The SMILES string of the molecule is C=C(CBr)OCC.CCC.CCOC(=O)Cc1c(OC)ccc(Br)c1F.COc1ccc(Br)c(F)c1. The average Bonchev–Trinajstić information content (AvgIpc) is 2.85. The Morgan fingerprint density at radius 1 is 0.917 bits per heavy atom. The molecule has 0 saturated carbocycles. The quantitative estimate of drug-likeness (QED) is 0.157. The molecule has 0 fully saturated rings. The zero-order valence-corrected chi connectivity index (χ0v) is 26.3. The maximum Gasteiger partial charge on any atom is 0.310 e. The lowest BCUT2D eigenvalue weighted by Gasteiger charge is -2.10. The molecule has 0 aliphatic rings. The first-order chi connectivity index (χ1) is 17.1. The Labute approximate surface area is 238 Å². The number of benzene rings is 2. The van der Waals surface area contributed by atoms with E-state index in [1.165, 1.54) is 32.8 Å². The molecule has 0 bridgehead atoms. The summed E-state index contributed by atoms with van der Waals surface area (Å²) < 4.78 is 46.6. The van der Waals surface area contributed by atoms with Crippen LogP contribution in [0.25, 0.3) is 0 Å². The van der Waals surface area contributed by atoms with E-state index >= 15 is 0 Å². The second-order valence-corrected chi connectivity index (χ2v) is 8.89. The minimum absolute atomic E-state index is 0.137. The van der Waals surface area contributed by atoms with E-state index in [4.69, 9.17) is 18.9 Å². The van der Waals surface area contributed by atoms with Crippen molar-refractivity contribution in [1.29, 1.82) is 0 Å². The number of alkyl halides is 1. The van der Waals surface area contributed by atoms with Crippen LogP contribution in [0.2, 0.25) is 0 Å². The lowest BCUT2D eigenvalue weighted by Crippen LogP contribution is -2.10. The predicted octanol–water partition coefficient (Wildman–Crippen LogP) is 8.65. The van der Waals surface area contributed by atoms with Crippen LogP contribution in [0.5, 0.6) is 11.5 Å². The molecule has 0 radical (unpaired) electrons. The number of halogens is 5. The Morgan fingerprint density at radius 2 is 1.47 bits per heavy atom. The highest BCUT2D eigenvalue weighted by Crippen LogP contribution is 2.28. The van der Waals surface area contributed by atoms with Crippen LogP contribution >= 0.6 is 47.8 Å². The van der Waals surface area contributed by atoms with E-state index in [1.807, 2.05) is 6.92 Å². The highest BCUT2D eigenvalue weighted by atomic mass is 79.9. The molecule has 0 unspecified atom stereocenters. The van der Waals surface area contributed by atoms with Crippen LogP contribution in [0.4, 0.5) is 8.78 Å². The number of allylic oxidation sites excluding steroid dienone is 1. The van der Waals surface area contributed by atoms with E-state index in [-0.39, 0.29) is 24.4 Å². The van der Waals surface area contributed by atoms with Gasteiger partial charge in [0.15, 0.2) is 0 Å². The molecule has 0 N–H and O–H groups in total. The summed E-state index contributed by atoms with van der Waals surface area (Å²) in [6, 6.07) is 7.75. The van der Waals surface area contributed by atoms with Gasteiger partial charge in [0, 0.05) is 11.6 Å². The molecule has 2 aromatic carbocycles. The largest absolute Gasteiger partial charge is 0.498 e. The van der Waals surface area contributed by atoms with E-state index in [0.717, 1.165) is 11.1 Å². The number of hydrogen-bond acceptors (Lipinski definition) is 5. The van der Waals surface area contributed by atoms with Crippen molar-refractivity contribution < 1.29 is 32.5 Å². The van der Waals surface area contributed by atoms with Gasteiger partial charge in [-0.3, -0.25) is 4.79 Å². The Morgan fingerprint density at radius 3 is 1.89 bits per heavy atom. The molecule has 0 aliphatic carbocycles. The Bertz CT molecular complexity index is 911. The molecule has 204 valence electrons. The molecule has 0 aromatic heterocycles. The third kappa shape index (κ3) is 16.2. The maximum atomic E-state index is 13.7. The number of ether oxygens (including phenoxy) is 4. The molecule has 0 atom stereocenters. The van der Waals surface area contributed by atoms with E-state index in [0.29, 0.717) is 27.1 Å². The molecular weight excluding hydrogens is 670 g/mol. The van der Waals surface area contributed by atoms with Crippen LogP contribution in [0.3, 0.4) is 0 Å². The molecule has 0 spiro atoms.